The summed E-state index contributed by atoms with van der Waals surface area (Å²) in [7, 11) is 0. The summed E-state index contributed by atoms with van der Waals surface area (Å²) in [5.41, 5.74) is -0.399. The fourth-order valence-corrected chi connectivity index (χ4v) is 4.18. The maximum absolute atomic E-state index is 11.3. The van der Waals surface area contributed by atoms with Gasteiger partial charge in [0, 0.05) is 0 Å². The van der Waals surface area contributed by atoms with Crippen molar-refractivity contribution in [3.63, 3.8) is 0 Å². The lowest BCUT2D eigenvalue weighted by Gasteiger charge is -2.36. The molecule has 0 heterocycles. The number of hydrogen-bond donors (Lipinski definition) is 1. The first-order valence-corrected chi connectivity index (χ1v) is 11.9. The molecule has 0 aliphatic rings. The summed E-state index contributed by atoms with van der Waals surface area (Å²) in [5, 5.41) is 11.3. The molecule has 0 amide bonds. The van der Waals surface area contributed by atoms with E-state index in [2.05, 4.69) is 27.7 Å². The van der Waals surface area contributed by atoms with Crippen molar-refractivity contribution in [2.75, 3.05) is 0 Å². The van der Waals surface area contributed by atoms with E-state index in [9.17, 15) is 5.11 Å². The number of unbranched alkanes of at least 4 members (excludes halogenated alkanes) is 11. The Kier molecular flexibility index (Phi) is 17.3. The molecule has 1 heteroatoms. The SMILES string of the molecule is CCCCCCCCC(CCCC)C(O)(CC)CCCCCCCC. The Morgan fingerprint density at radius 2 is 1.00 bits per heavy atom. The van der Waals surface area contributed by atoms with Gasteiger partial charge in [-0.1, -0.05) is 118 Å². The van der Waals surface area contributed by atoms with E-state index >= 15 is 0 Å². The monoisotopic (exact) mass is 354 g/mol. The molecule has 0 saturated carbocycles. The van der Waals surface area contributed by atoms with Crippen LogP contribution in [-0.2, 0) is 0 Å². The second-order valence-corrected chi connectivity index (χ2v) is 8.37. The minimum absolute atomic E-state index is 0.399. The van der Waals surface area contributed by atoms with Crippen LogP contribution < -0.4 is 0 Å². The molecule has 2 atom stereocenters. The maximum Gasteiger partial charge on any atom is 0.0673 e. The molecule has 0 spiro atoms. The second kappa shape index (κ2) is 17.4. The fraction of sp³-hybridized carbons (Fsp3) is 1.00. The lowest BCUT2D eigenvalue weighted by Crippen LogP contribution is -2.37. The predicted molar refractivity (Wildman–Crippen MR) is 114 cm³/mol. The molecule has 0 aliphatic heterocycles. The molecule has 1 nitrogen and oxygen atoms in total. The molecule has 0 aromatic rings. The highest BCUT2D eigenvalue weighted by Crippen LogP contribution is 2.35. The van der Waals surface area contributed by atoms with Gasteiger partial charge in [0.25, 0.3) is 0 Å². The third-order valence-electron chi connectivity index (χ3n) is 6.15. The summed E-state index contributed by atoms with van der Waals surface area (Å²) >= 11 is 0. The third-order valence-corrected chi connectivity index (χ3v) is 6.15. The van der Waals surface area contributed by atoms with Crippen LogP contribution in [0.4, 0.5) is 0 Å². The van der Waals surface area contributed by atoms with Gasteiger partial charge >= 0.3 is 0 Å². The van der Waals surface area contributed by atoms with E-state index in [4.69, 9.17) is 0 Å². The van der Waals surface area contributed by atoms with E-state index in [1.165, 1.54) is 103 Å². The molecule has 25 heavy (non-hydrogen) atoms. The van der Waals surface area contributed by atoms with Gasteiger partial charge in [0.1, 0.15) is 0 Å². The van der Waals surface area contributed by atoms with Crippen LogP contribution in [-0.4, -0.2) is 10.7 Å². The minimum Gasteiger partial charge on any atom is -0.390 e. The van der Waals surface area contributed by atoms with Crippen LogP contribution in [0.3, 0.4) is 0 Å². The van der Waals surface area contributed by atoms with Crippen LogP contribution in [0.5, 0.6) is 0 Å². The zero-order valence-electron chi connectivity index (χ0n) is 18.3. The predicted octanol–water partition coefficient (Wildman–Crippen LogP) is 8.44. The van der Waals surface area contributed by atoms with Crippen LogP contribution in [0.15, 0.2) is 0 Å². The number of hydrogen-bond acceptors (Lipinski definition) is 1. The number of aliphatic hydroxyl groups is 1. The van der Waals surface area contributed by atoms with Gasteiger partial charge in [0.2, 0.25) is 0 Å². The van der Waals surface area contributed by atoms with Crippen molar-refractivity contribution in [3.8, 4) is 0 Å². The highest BCUT2D eigenvalue weighted by atomic mass is 16.3. The summed E-state index contributed by atoms with van der Waals surface area (Å²) < 4.78 is 0. The molecule has 0 rings (SSSR count). The van der Waals surface area contributed by atoms with Crippen molar-refractivity contribution < 1.29 is 5.11 Å². The van der Waals surface area contributed by atoms with Crippen LogP contribution >= 0.6 is 0 Å². The highest BCUT2D eigenvalue weighted by molar-refractivity contribution is 4.85. The Balaban J connectivity index is 4.28. The molecule has 152 valence electrons. The molecule has 0 saturated heterocycles. The van der Waals surface area contributed by atoms with Crippen molar-refractivity contribution in [2.24, 2.45) is 5.92 Å². The fourth-order valence-electron chi connectivity index (χ4n) is 4.18. The van der Waals surface area contributed by atoms with Crippen LogP contribution in [0.2, 0.25) is 0 Å². The molecule has 0 radical (unpaired) electrons. The van der Waals surface area contributed by atoms with Crippen LogP contribution in [0.1, 0.15) is 143 Å². The lowest BCUT2D eigenvalue weighted by atomic mass is 9.75. The molecule has 0 fully saturated rings. The summed E-state index contributed by atoms with van der Waals surface area (Å²) in [6, 6.07) is 0. The molecule has 2 unspecified atom stereocenters. The van der Waals surface area contributed by atoms with Gasteiger partial charge < -0.3 is 5.11 Å². The first-order chi connectivity index (χ1) is 12.1. The van der Waals surface area contributed by atoms with Gasteiger partial charge in [-0.3, -0.25) is 0 Å². The Labute approximate surface area is 160 Å². The van der Waals surface area contributed by atoms with E-state index in [1.54, 1.807) is 0 Å². The average molecular weight is 355 g/mol. The Hall–Kier alpha value is -0.0400. The Morgan fingerprint density at radius 1 is 0.560 bits per heavy atom. The first-order valence-electron chi connectivity index (χ1n) is 11.9. The van der Waals surface area contributed by atoms with Gasteiger partial charge in [0.05, 0.1) is 5.60 Å². The van der Waals surface area contributed by atoms with Crippen molar-refractivity contribution >= 4 is 0 Å². The van der Waals surface area contributed by atoms with Gasteiger partial charge in [-0.2, -0.15) is 0 Å². The van der Waals surface area contributed by atoms with Crippen molar-refractivity contribution in [1.82, 2.24) is 0 Å². The summed E-state index contributed by atoms with van der Waals surface area (Å²) in [6.07, 6.45) is 23.1. The van der Waals surface area contributed by atoms with Crippen molar-refractivity contribution in [3.05, 3.63) is 0 Å². The summed E-state index contributed by atoms with van der Waals surface area (Å²) in [5.74, 6) is 0.527. The van der Waals surface area contributed by atoms with E-state index in [0.717, 1.165) is 12.8 Å². The van der Waals surface area contributed by atoms with Gasteiger partial charge in [0.15, 0.2) is 0 Å². The van der Waals surface area contributed by atoms with E-state index < -0.39 is 5.60 Å². The molecule has 0 aliphatic carbocycles. The van der Waals surface area contributed by atoms with Crippen LogP contribution in [0.25, 0.3) is 0 Å². The van der Waals surface area contributed by atoms with E-state index in [1.807, 2.05) is 0 Å². The zero-order valence-corrected chi connectivity index (χ0v) is 18.3. The highest BCUT2D eigenvalue weighted by Gasteiger charge is 2.33. The topological polar surface area (TPSA) is 20.2 Å². The van der Waals surface area contributed by atoms with E-state index in [-0.39, 0.29) is 0 Å². The average Bonchev–Trinajstić information content (AvgIpc) is 2.63. The molecule has 0 aromatic heterocycles. The minimum atomic E-state index is -0.399. The van der Waals surface area contributed by atoms with Crippen molar-refractivity contribution in [2.45, 2.75) is 149 Å². The molecular weight excluding hydrogens is 304 g/mol. The molecule has 1 N–H and O–H groups in total. The Morgan fingerprint density at radius 3 is 1.52 bits per heavy atom. The molecular formula is C24H50O. The standard InChI is InChI=1S/C24H50O/c1-5-9-12-14-16-18-21-23(20-11-7-3)24(25,8-4)22-19-17-15-13-10-6-2/h23,25H,5-22H2,1-4H3. The molecule has 0 bridgehead atoms. The Bertz CT molecular complexity index is 263. The van der Waals surface area contributed by atoms with Gasteiger partial charge in [-0.15, -0.1) is 0 Å². The second-order valence-electron chi connectivity index (χ2n) is 8.37. The first kappa shape index (κ1) is 25.0. The van der Waals surface area contributed by atoms with Crippen molar-refractivity contribution in [1.29, 1.82) is 0 Å². The summed E-state index contributed by atoms with van der Waals surface area (Å²) in [4.78, 5) is 0. The van der Waals surface area contributed by atoms with E-state index in [0.29, 0.717) is 5.92 Å². The maximum atomic E-state index is 11.3. The number of rotatable bonds is 19. The largest absolute Gasteiger partial charge is 0.390 e. The quantitative estimate of drug-likeness (QED) is 0.231. The third kappa shape index (κ3) is 12.9. The lowest BCUT2D eigenvalue weighted by molar-refractivity contribution is -0.0398. The van der Waals surface area contributed by atoms with Gasteiger partial charge in [-0.25, -0.2) is 0 Å². The smallest absolute Gasteiger partial charge is 0.0673 e. The zero-order chi connectivity index (χ0) is 18.8. The molecule has 0 aromatic carbocycles. The van der Waals surface area contributed by atoms with Crippen LogP contribution in [0, 0.1) is 5.92 Å². The summed E-state index contributed by atoms with van der Waals surface area (Å²) in [6.45, 7) is 9.04. The van der Waals surface area contributed by atoms with Gasteiger partial charge in [-0.05, 0) is 31.6 Å². The normalized spacial score (nSPS) is 15.2.